The van der Waals surface area contributed by atoms with Gasteiger partial charge in [0.15, 0.2) is 11.5 Å². The molecule has 1 heterocycles. The summed E-state index contributed by atoms with van der Waals surface area (Å²) in [7, 11) is 0. The first-order valence-electron chi connectivity index (χ1n) is 7.63. The van der Waals surface area contributed by atoms with Gasteiger partial charge in [-0.1, -0.05) is 29.8 Å². The number of esters is 2. The molecule has 130 valence electrons. The molecule has 0 amide bonds. The molecule has 0 bridgehead atoms. The molecule has 0 radical (unpaired) electrons. The Morgan fingerprint density at radius 2 is 1.56 bits per heavy atom. The van der Waals surface area contributed by atoms with Gasteiger partial charge in [-0.25, -0.2) is 9.59 Å². The maximum Gasteiger partial charge on any atom is 0.338 e. The highest BCUT2D eigenvalue weighted by atomic mass is 35.5. The number of carbonyl (C=O) groups is 2. The third-order valence-corrected chi connectivity index (χ3v) is 3.67. The smallest absolute Gasteiger partial charge is 0.338 e. The molecule has 1 aliphatic rings. The van der Waals surface area contributed by atoms with Crippen molar-refractivity contribution in [2.75, 3.05) is 26.4 Å². The van der Waals surface area contributed by atoms with E-state index in [1.807, 2.05) is 0 Å². The number of rotatable bonds is 5. The number of halogens is 1. The Morgan fingerprint density at radius 1 is 0.920 bits per heavy atom. The molecule has 0 fully saturated rings. The molecule has 2 aromatic rings. The predicted molar refractivity (Wildman–Crippen MR) is 89.4 cm³/mol. The van der Waals surface area contributed by atoms with Crippen molar-refractivity contribution in [3.8, 4) is 11.5 Å². The fraction of sp³-hybridized carbons (Fsp3) is 0.222. The summed E-state index contributed by atoms with van der Waals surface area (Å²) in [6.45, 7) is 0.682. The van der Waals surface area contributed by atoms with Gasteiger partial charge in [0.25, 0.3) is 0 Å². The first-order chi connectivity index (χ1) is 12.1. The van der Waals surface area contributed by atoms with Crippen LogP contribution in [-0.4, -0.2) is 38.4 Å². The summed E-state index contributed by atoms with van der Waals surface area (Å²) >= 11 is 6.08. The minimum Gasteiger partial charge on any atom is -0.486 e. The number of ether oxygens (including phenoxy) is 4. The largest absolute Gasteiger partial charge is 0.486 e. The van der Waals surface area contributed by atoms with Gasteiger partial charge in [-0.05, 0) is 24.3 Å². The van der Waals surface area contributed by atoms with Crippen molar-refractivity contribution >= 4 is 23.5 Å². The quantitative estimate of drug-likeness (QED) is 0.601. The van der Waals surface area contributed by atoms with Crippen LogP contribution in [0.25, 0.3) is 0 Å². The van der Waals surface area contributed by atoms with Crippen molar-refractivity contribution in [2.45, 2.75) is 0 Å². The van der Waals surface area contributed by atoms with Crippen LogP contribution in [0.15, 0.2) is 42.5 Å². The average molecular weight is 363 g/mol. The minimum atomic E-state index is -0.588. The van der Waals surface area contributed by atoms with Crippen LogP contribution in [0.5, 0.6) is 11.5 Å². The van der Waals surface area contributed by atoms with Gasteiger partial charge in [-0.3, -0.25) is 0 Å². The molecular weight excluding hydrogens is 348 g/mol. The Bertz CT molecular complexity index is 775. The van der Waals surface area contributed by atoms with Gasteiger partial charge in [0, 0.05) is 0 Å². The maximum atomic E-state index is 12.1. The van der Waals surface area contributed by atoms with Crippen molar-refractivity contribution in [1.29, 1.82) is 0 Å². The van der Waals surface area contributed by atoms with E-state index in [9.17, 15) is 9.59 Å². The molecule has 0 aromatic heterocycles. The van der Waals surface area contributed by atoms with Crippen LogP contribution in [0, 0.1) is 0 Å². The molecule has 2 aromatic carbocycles. The summed E-state index contributed by atoms with van der Waals surface area (Å²) in [6, 6.07) is 11.5. The van der Waals surface area contributed by atoms with Gasteiger partial charge in [0.05, 0.1) is 16.1 Å². The molecule has 0 aliphatic carbocycles. The van der Waals surface area contributed by atoms with E-state index in [4.69, 9.17) is 30.5 Å². The second-order valence-electron chi connectivity index (χ2n) is 5.12. The second kappa shape index (κ2) is 7.90. The zero-order valence-electron chi connectivity index (χ0n) is 13.2. The zero-order chi connectivity index (χ0) is 17.6. The van der Waals surface area contributed by atoms with E-state index < -0.39 is 11.9 Å². The average Bonchev–Trinajstić information content (AvgIpc) is 2.65. The standard InChI is InChI=1S/C18H15ClO6/c19-14-10-13(11-15-16(14)23-7-6-22-15)18(21)25-9-8-24-17(20)12-4-2-1-3-5-12/h1-5,10-11H,6-9H2. The van der Waals surface area contributed by atoms with E-state index in [-0.39, 0.29) is 23.8 Å². The molecule has 25 heavy (non-hydrogen) atoms. The number of hydrogen-bond acceptors (Lipinski definition) is 6. The molecule has 7 heteroatoms. The van der Waals surface area contributed by atoms with Crippen LogP contribution >= 0.6 is 11.6 Å². The van der Waals surface area contributed by atoms with Crippen molar-refractivity contribution in [2.24, 2.45) is 0 Å². The highest BCUT2D eigenvalue weighted by Gasteiger charge is 2.20. The van der Waals surface area contributed by atoms with Crippen molar-refractivity contribution in [3.05, 3.63) is 58.6 Å². The Kier molecular flexibility index (Phi) is 5.40. The molecule has 0 atom stereocenters. The topological polar surface area (TPSA) is 71.1 Å². The van der Waals surface area contributed by atoms with Gasteiger partial charge < -0.3 is 18.9 Å². The maximum absolute atomic E-state index is 12.1. The van der Waals surface area contributed by atoms with Gasteiger partial charge in [-0.2, -0.15) is 0 Å². The van der Waals surface area contributed by atoms with Crippen molar-refractivity contribution in [3.63, 3.8) is 0 Å². The first kappa shape index (κ1) is 17.1. The summed E-state index contributed by atoms with van der Waals surface area (Å²) in [5, 5.41) is 0.277. The van der Waals surface area contributed by atoms with Crippen LogP contribution in [0.3, 0.4) is 0 Å². The molecule has 0 saturated heterocycles. The Balaban J connectivity index is 1.51. The van der Waals surface area contributed by atoms with E-state index in [2.05, 4.69) is 0 Å². The fourth-order valence-corrected chi connectivity index (χ4v) is 2.50. The zero-order valence-corrected chi connectivity index (χ0v) is 14.0. The minimum absolute atomic E-state index is 0.0439. The van der Waals surface area contributed by atoms with E-state index in [1.165, 1.54) is 12.1 Å². The number of carbonyl (C=O) groups excluding carboxylic acids is 2. The lowest BCUT2D eigenvalue weighted by Gasteiger charge is -2.20. The Labute approximate surface area is 149 Å². The second-order valence-corrected chi connectivity index (χ2v) is 5.53. The van der Waals surface area contributed by atoms with Crippen LogP contribution in [0.4, 0.5) is 0 Å². The molecule has 1 aliphatic heterocycles. The fourth-order valence-electron chi connectivity index (χ4n) is 2.24. The summed E-state index contributed by atoms with van der Waals surface area (Å²) in [6.07, 6.45) is 0. The number of hydrogen-bond donors (Lipinski definition) is 0. The van der Waals surface area contributed by atoms with Crippen molar-refractivity contribution < 1.29 is 28.5 Å². The highest BCUT2D eigenvalue weighted by molar-refractivity contribution is 6.32. The third kappa shape index (κ3) is 4.22. The summed E-state index contributed by atoms with van der Waals surface area (Å²) < 4.78 is 20.9. The monoisotopic (exact) mass is 362 g/mol. The van der Waals surface area contributed by atoms with Crippen molar-refractivity contribution in [1.82, 2.24) is 0 Å². The van der Waals surface area contributed by atoms with E-state index >= 15 is 0 Å². The summed E-state index contributed by atoms with van der Waals surface area (Å²) in [5.74, 6) is -0.240. The molecule has 3 rings (SSSR count). The predicted octanol–water partition coefficient (Wildman–Crippen LogP) is 3.13. The Hall–Kier alpha value is -2.73. The van der Waals surface area contributed by atoms with Gasteiger partial charge in [0.1, 0.15) is 26.4 Å². The lowest BCUT2D eigenvalue weighted by atomic mass is 10.2. The lowest BCUT2D eigenvalue weighted by Crippen LogP contribution is -2.17. The normalized spacial score (nSPS) is 12.4. The van der Waals surface area contributed by atoms with Gasteiger partial charge in [0.2, 0.25) is 0 Å². The SMILES string of the molecule is O=C(OCCOC(=O)c1cc(Cl)c2c(c1)OCCO2)c1ccccc1. The van der Waals surface area contributed by atoms with Crippen LogP contribution in [-0.2, 0) is 9.47 Å². The molecule has 0 spiro atoms. The first-order valence-corrected chi connectivity index (χ1v) is 8.01. The molecule has 6 nitrogen and oxygen atoms in total. The van der Waals surface area contributed by atoms with Gasteiger partial charge >= 0.3 is 11.9 Å². The lowest BCUT2D eigenvalue weighted by molar-refractivity contribution is 0.0265. The number of benzene rings is 2. The number of fused-ring (bicyclic) bond motifs is 1. The van der Waals surface area contributed by atoms with E-state index in [0.29, 0.717) is 30.3 Å². The molecule has 0 unspecified atom stereocenters. The van der Waals surface area contributed by atoms with E-state index in [1.54, 1.807) is 30.3 Å². The summed E-state index contributed by atoms with van der Waals surface area (Å²) in [4.78, 5) is 23.8. The summed E-state index contributed by atoms with van der Waals surface area (Å²) in [5.41, 5.74) is 0.677. The Morgan fingerprint density at radius 3 is 2.28 bits per heavy atom. The van der Waals surface area contributed by atoms with Gasteiger partial charge in [-0.15, -0.1) is 0 Å². The molecule has 0 saturated carbocycles. The molecular formula is C18H15ClO6. The highest BCUT2D eigenvalue weighted by Crippen LogP contribution is 2.38. The van der Waals surface area contributed by atoms with Crippen LogP contribution < -0.4 is 9.47 Å². The van der Waals surface area contributed by atoms with Crippen LogP contribution in [0.1, 0.15) is 20.7 Å². The van der Waals surface area contributed by atoms with E-state index in [0.717, 1.165) is 0 Å². The third-order valence-electron chi connectivity index (χ3n) is 3.39. The van der Waals surface area contributed by atoms with Crippen LogP contribution in [0.2, 0.25) is 5.02 Å². The molecule has 0 N–H and O–H groups in total.